The number of primary amides is 1. The number of hydrogen-bond donors (Lipinski definition) is 2. The molecule has 6 nitrogen and oxygen atoms in total. The van der Waals surface area contributed by atoms with Crippen LogP contribution in [0.1, 0.15) is 35.0 Å². The molecule has 0 aliphatic carbocycles. The average Bonchev–Trinajstić information content (AvgIpc) is 3.08. The lowest BCUT2D eigenvalue weighted by Gasteiger charge is -2.13. The smallest absolute Gasteiger partial charge is 0.306 e. The molecule has 0 spiro atoms. The minimum Gasteiger partial charge on any atom is -0.453 e. The van der Waals surface area contributed by atoms with Crippen molar-refractivity contribution in [2.24, 2.45) is 5.73 Å². The Balaban J connectivity index is 1.75. The molecule has 1 aromatic carbocycles. The Kier molecular flexibility index (Phi) is 6.71. The Labute approximate surface area is 150 Å². The van der Waals surface area contributed by atoms with Gasteiger partial charge in [-0.15, -0.1) is 11.3 Å². The van der Waals surface area contributed by atoms with Crippen LogP contribution >= 0.6 is 11.3 Å². The van der Waals surface area contributed by atoms with Crippen molar-refractivity contribution in [2.75, 3.05) is 5.32 Å². The molecule has 1 aromatic heterocycles. The van der Waals surface area contributed by atoms with Crippen molar-refractivity contribution in [3.8, 4) is 0 Å². The van der Waals surface area contributed by atoms with Gasteiger partial charge in [0.15, 0.2) is 6.10 Å². The summed E-state index contributed by atoms with van der Waals surface area (Å²) in [5.74, 6) is -1.37. The first kappa shape index (κ1) is 18.7. The number of nitrogens with two attached hydrogens (primary N) is 1. The largest absolute Gasteiger partial charge is 0.453 e. The van der Waals surface area contributed by atoms with Crippen LogP contribution in [0.2, 0.25) is 0 Å². The van der Waals surface area contributed by atoms with E-state index in [0.29, 0.717) is 17.7 Å². The number of ether oxygens (including phenoxy) is 1. The first-order chi connectivity index (χ1) is 12.0. The second kappa shape index (κ2) is 8.98. The standard InChI is InChI=1S/C18H20N2O4S/c1-12(24-16(21)6-2-4-15-5-3-11-25-15)18(23)20-14-9-7-13(8-10-14)17(19)22/h3,5,7-12H,2,4,6H2,1H3,(H2,19,22)(H,20,23)/t12-/m0/s1. The lowest BCUT2D eigenvalue weighted by Crippen LogP contribution is -2.30. The highest BCUT2D eigenvalue weighted by Gasteiger charge is 2.17. The van der Waals surface area contributed by atoms with Gasteiger partial charge in [-0.1, -0.05) is 6.07 Å². The number of benzene rings is 1. The fraction of sp³-hybridized carbons (Fsp3) is 0.278. The number of thiophene rings is 1. The van der Waals surface area contributed by atoms with E-state index >= 15 is 0 Å². The number of amides is 2. The monoisotopic (exact) mass is 360 g/mol. The Bertz CT molecular complexity index is 726. The minimum absolute atomic E-state index is 0.267. The SMILES string of the molecule is C[C@H](OC(=O)CCCc1cccs1)C(=O)Nc1ccc(C(N)=O)cc1. The third kappa shape index (κ3) is 6.04. The van der Waals surface area contributed by atoms with E-state index in [1.807, 2.05) is 17.5 Å². The summed E-state index contributed by atoms with van der Waals surface area (Å²) < 4.78 is 5.14. The second-order valence-electron chi connectivity index (χ2n) is 5.50. The van der Waals surface area contributed by atoms with Crippen LogP contribution in [0, 0.1) is 0 Å². The first-order valence-electron chi connectivity index (χ1n) is 7.88. The number of anilines is 1. The molecule has 2 aromatic rings. The van der Waals surface area contributed by atoms with Gasteiger partial charge in [-0.2, -0.15) is 0 Å². The van der Waals surface area contributed by atoms with Crippen LogP contribution in [-0.4, -0.2) is 23.9 Å². The number of esters is 1. The van der Waals surface area contributed by atoms with E-state index in [0.717, 1.165) is 6.42 Å². The zero-order valence-corrected chi connectivity index (χ0v) is 14.7. The molecular weight excluding hydrogens is 340 g/mol. The van der Waals surface area contributed by atoms with Crippen molar-refractivity contribution < 1.29 is 19.1 Å². The van der Waals surface area contributed by atoms with Crippen molar-refractivity contribution in [3.05, 3.63) is 52.2 Å². The molecule has 2 rings (SSSR count). The van der Waals surface area contributed by atoms with Gasteiger partial charge < -0.3 is 15.8 Å². The first-order valence-corrected chi connectivity index (χ1v) is 8.76. The molecule has 25 heavy (non-hydrogen) atoms. The lowest BCUT2D eigenvalue weighted by atomic mass is 10.2. The fourth-order valence-electron chi connectivity index (χ4n) is 2.13. The highest BCUT2D eigenvalue weighted by Crippen LogP contribution is 2.13. The van der Waals surface area contributed by atoms with E-state index < -0.39 is 23.9 Å². The molecule has 0 unspecified atom stereocenters. The van der Waals surface area contributed by atoms with Crippen LogP contribution in [0.25, 0.3) is 0 Å². The molecule has 1 heterocycles. The summed E-state index contributed by atoms with van der Waals surface area (Å²) >= 11 is 1.65. The van der Waals surface area contributed by atoms with Gasteiger partial charge in [0, 0.05) is 22.5 Å². The van der Waals surface area contributed by atoms with Crippen LogP contribution in [0.4, 0.5) is 5.69 Å². The predicted octanol–water partition coefficient (Wildman–Crippen LogP) is 2.74. The third-order valence-electron chi connectivity index (χ3n) is 3.50. The number of nitrogens with one attached hydrogen (secondary N) is 1. The summed E-state index contributed by atoms with van der Waals surface area (Å²) in [6, 6.07) is 10.1. The normalized spacial score (nSPS) is 11.6. The molecule has 2 amide bonds. The predicted molar refractivity (Wildman–Crippen MR) is 96.4 cm³/mol. The Morgan fingerprint density at radius 3 is 2.52 bits per heavy atom. The van der Waals surface area contributed by atoms with Gasteiger partial charge in [0.05, 0.1) is 0 Å². The van der Waals surface area contributed by atoms with E-state index in [1.54, 1.807) is 23.5 Å². The Morgan fingerprint density at radius 2 is 1.92 bits per heavy atom. The van der Waals surface area contributed by atoms with Crippen molar-refractivity contribution >= 4 is 34.8 Å². The molecule has 0 aliphatic heterocycles. The van der Waals surface area contributed by atoms with Crippen LogP contribution in [0.3, 0.4) is 0 Å². The van der Waals surface area contributed by atoms with Gasteiger partial charge in [0.1, 0.15) is 0 Å². The van der Waals surface area contributed by atoms with Crippen LogP contribution in [0.15, 0.2) is 41.8 Å². The van der Waals surface area contributed by atoms with E-state index in [4.69, 9.17) is 10.5 Å². The van der Waals surface area contributed by atoms with Crippen molar-refractivity contribution in [3.63, 3.8) is 0 Å². The third-order valence-corrected chi connectivity index (χ3v) is 4.43. The molecule has 0 radical (unpaired) electrons. The molecule has 0 saturated heterocycles. The number of carbonyl (C=O) groups excluding carboxylic acids is 3. The molecule has 0 fully saturated rings. The maximum Gasteiger partial charge on any atom is 0.306 e. The van der Waals surface area contributed by atoms with Gasteiger partial charge in [0.2, 0.25) is 5.91 Å². The summed E-state index contributed by atoms with van der Waals surface area (Å²) in [6.45, 7) is 1.52. The zero-order valence-electron chi connectivity index (χ0n) is 13.9. The van der Waals surface area contributed by atoms with Crippen LogP contribution in [0.5, 0.6) is 0 Å². The number of aryl methyl sites for hydroxylation is 1. The van der Waals surface area contributed by atoms with Crippen molar-refractivity contribution in [1.82, 2.24) is 0 Å². The molecule has 0 aliphatic rings. The molecule has 1 atom stereocenters. The van der Waals surface area contributed by atoms with E-state index in [1.165, 1.54) is 23.9 Å². The molecule has 0 saturated carbocycles. The topological polar surface area (TPSA) is 98.5 Å². The lowest BCUT2D eigenvalue weighted by molar-refractivity contribution is -0.153. The molecule has 0 bridgehead atoms. The fourth-order valence-corrected chi connectivity index (χ4v) is 2.88. The van der Waals surface area contributed by atoms with Gasteiger partial charge in [-0.3, -0.25) is 14.4 Å². The van der Waals surface area contributed by atoms with E-state index in [-0.39, 0.29) is 6.42 Å². The van der Waals surface area contributed by atoms with Gasteiger partial charge in [-0.05, 0) is 55.5 Å². The van der Waals surface area contributed by atoms with Crippen LogP contribution < -0.4 is 11.1 Å². The molecule has 132 valence electrons. The molecule has 7 heteroatoms. The maximum atomic E-state index is 12.0. The Morgan fingerprint density at radius 1 is 1.20 bits per heavy atom. The maximum absolute atomic E-state index is 12.0. The average molecular weight is 360 g/mol. The summed E-state index contributed by atoms with van der Waals surface area (Å²) in [7, 11) is 0. The minimum atomic E-state index is -0.898. The highest BCUT2D eigenvalue weighted by molar-refractivity contribution is 7.09. The van der Waals surface area contributed by atoms with Gasteiger partial charge in [0.25, 0.3) is 5.91 Å². The van der Waals surface area contributed by atoms with E-state index in [9.17, 15) is 14.4 Å². The summed E-state index contributed by atoms with van der Waals surface area (Å²) in [4.78, 5) is 36.1. The van der Waals surface area contributed by atoms with Crippen molar-refractivity contribution in [1.29, 1.82) is 0 Å². The van der Waals surface area contributed by atoms with E-state index in [2.05, 4.69) is 5.32 Å². The highest BCUT2D eigenvalue weighted by atomic mass is 32.1. The Hall–Kier alpha value is -2.67. The van der Waals surface area contributed by atoms with Crippen LogP contribution in [-0.2, 0) is 20.7 Å². The zero-order chi connectivity index (χ0) is 18.2. The molecule has 3 N–H and O–H groups in total. The number of rotatable bonds is 8. The summed E-state index contributed by atoms with van der Waals surface area (Å²) in [6.07, 6.45) is 0.870. The quantitative estimate of drug-likeness (QED) is 0.707. The van der Waals surface area contributed by atoms with Gasteiger partial charge >= 0.3 is 5.97 Å². The number of carbonyl (C=O) groups is 3. The van der Waals surface area contributed by atoms with Gasteiger partial charge in [-0.25, -0.2) is 0 Å². The second-order valence-corrected chi connectivity index (χ2v) is 6.53. The molecular formula is C18H20N2O4S. The summed E-state index contributed by atoms with van der Waals surface area (Å²) in [5.41, 5.74) is 6.00. The number of hydrogen-bond acceptors (Lipinski definition) is 5. The summed E-state index contributed by atoms with van der Waals surface area (Å²) in [5, 5.41) is 4.62. The van der Waals surface area contributed by atoms with Crippen molar-refractivity contribution in [2.45, 2.75) is 32.3 Å².